The van der Waals surface area contributed by atoms with Gasteiger partial charge in [0.2, 0.25) is 10.0 Å². The molecule has 0 aromatic carbocycles. The molecule has 0 radical (unpaired) electrons. The van der Waals surface area contributed by atoms with Crippen LogP contribution in [0.5, 0.6) is 0 Å². The number of hydrogen-bond acceptors (Lipinski definition) is 8. The fourth-order valence-corrected chi connectivity index (χ4v) is 4.08. The molecule has 3 aromatic heterocycles. The maximum atomic E-state index is 11.8. The van der Waals surface area contributed by atoms with Crippen molar-refractivity contribution in [3.05, 3.63) is 18.5 Å². The number of sulfonamides is 1. The Balaban J connectivity index is 1.67. The number of anilines is 1. The normalized spacial score (nSPS) is 18.0. The number of nitrogens with one attached hydrogen (secondary N) is 2. The first-order valence-corrected chi connectivity index (χ1v) is 9.29. The highest BCUT2D eigenvalue weighted by Crippen LogP contribution is 2.31. The van der Waals surface area contributed by atoms with Gasteiger partial charge in [-0.3, -0.25) is 5.10 Å². The number of aromatic nitrogens is 5. The SMILES string of the molecule is N#CCS(=O)(=O)NC1CCN(c2cn[nH]c3nnc4nccc4c23)C1. The van der Waals surface area contributed by atoms with Crippen LogP contribution >= 0.6 is 0 Å². The molecule has 25 heavy (non-hydrogen) atoms. The average Bonchev–Trinajstić information content (AvgIpc) is 3.22. The molecule has 10 nitrogen and oxygen atoms in total. The van der Waals surface area contributed by atoms with Gasteiger partial charge in [0, 0.05) is 30.7 Å². The minimum absolute atomic E-state index is 0.249. The van der Waals surface area contributed by atoms with Crippen LogP contribution < -0.4 is 9.62 Å². The van der Waals surface area contributed by atoms with E-state index in [2.05, 4.69) is 35.0 Å². The van der Waals surface area contributed by atoms with E-state index in [9.17, 15) is 8.42 Å². The van der Waals surface area contributed by atoms with Crippen LogP contribution in [0.1, 0.15) is 6.42 Å². The Bertz CT molecular complexity index is 1090. The summed E-state index contributed by atoms with van der Waals surface area (Å²) in [5, 5.41) is 25.4. The summed E-state index contributed by atoms with van der Waals surface area (Å²) in [6, 6.07) is 3.28. The van der Waals surface area contributed by atoms with E-state index in [0.717, 1.165) is 16.5 Å². The molecular formula is C14H14N8O2S. The molecule has 1 aliphatic heterocycles. The van der Waals surface area contributed by atoms with E-state index in [1.54, 1.807) is 18.5 Å². The summed E-state index contributed by atoms with van der Waals surface area (Å²) >= 11 is 0. The van der Waals surface area contributed by atoms with Gasteiger partial charge in [0.05, 0.1) is 23.3 Å². The summed E-state index contributed by atoms with van der Waals surface area (Å²) in [5.74, 6) is -0.538. The fraction of sp³-hybridized carbons (Fsp3) is 0.357. The van der Waals surface area contributed by atoms with Crippen molar-refractivity contribution in [3.63, 3.8) is 0 Å². The first-order chi connectivity index (χ1) is 12.1. The standard InChI is InChI=1S/C14H14N8O2S/c15-3-6-25(23,24)21-9-2-5-22(8-9)11-7-17-18-14-12(11)10-1-4-16-13(10)19-20-14/h1,4,7,9,21H,2,5-6,8H2,(H,18,20). The van der Waals surface area contributed by atoms with Crippen molar-refractivity contribution in [1.29, 1.82) is 5.26 Å². The Kier molecular flexibility index (Phi) is 3.70. The zero-order chi connectivity index (χ0) is 17.4. The summed E-state index contributed by atoms with van der Waals surface area (Å²) < 4.78 is 26.1. The van der Waals surface area contributed by atoms with Gasteiger partial charge in [-0.05, 0) is 12.5 Å². The van der Waals surface area contributed by atoms with Crippen LogP contribution in [0, 0.1) is 11.3 Å². The van der Waals surface area contributed by atoms with E-state index in [-0.39, 0.29) is 6.04 Å². The lowest BCUT2D eigenvalue weighted by Crippen LogP contribution is -2.38. The van der Waals surface area contributed by atoms with Crippen LogP contribution in [-0.4, -0.2) is 58.7 Å². The Labute approximate surface area is 142 Å². The molecule has 0 amide bonds. The zero-order valence-corrected chi connectivity index (χ0v) is 13.9. The lowest BCUT2D eigenvalue weighted by atomic mass is 10.2. The summed E-state index contributed by atoms with van der Waals surface area (Å²) in [6.45, 7) is 1.15. The number of fused-ring (bicyclic) bond motifs is 3. The third kappa shape index (κ3) is 2.86. The third-order valence-electron chi connectivity index (χ3n) is 4.17. The first-order valence-electron chi connectivity index (χ1n) is 7.64. The van der Waals surface area contributed by atoms with Crippen LogP contribution in [0.3, 0.4) is 0 Å². The Morgan fingerprint density at radius 2 is 2.32 bits per heavy atom. The highest BCUT2D eigenvalue weighted by Gasteiger charge is 2.28. The molecule has 128 valence electrons. The fourth-order valence-electron chi connectivity index (χ4n) is 3.13. The molecule has 1 atom stereocenters. The topological polar surface area (TPSA) is 141 Å². The maximum Gasteiger partial charge on any atom is 0.225 e. The van der Waals surface area contributed by atoms with Crippen LogP contribution in [0.2, 0.25) is 0 Å². The number of nitriles is 1. The van der Waals surface area contributed by atoms with Crippen molar-refractivity contribution in [2.45, 2.75) is 12.5 Å². The lowest BCUT2D eigenvalue weighted by Gasteiger charge is -2.20. The largest absolute Gasteiger partial charge is 0.368 e. The highest BCUT2D eigenvalue weighted by molar-refractivity contribution is 7.89. The second kappa shape index (κ2) is 5.91. The summed E-state index contributed by atoms with van der Waals surface area (Å²) in [7, 11) is -3.58. The molecule has 1 unspecified atom stereocenters. The second-order valence-electron chi connectivity index (χ2n) is 5.83. The van der Waals surface area contributed by atoms with Crippen molar-refractivity contribution in [1.82, 2.24) is 30.1 Å². The van der Waals surface area contributed by atoms with Crippen molar-refractivity contribution < 1.29 is 8.42 Å². The van der Waals surface area contributed by atoms with E-state index in [0.29, 0.717) is 30.8 Å². The van der Waals surface area contributed by atoms with Gasteiger partial charge in [0.15, 0.2) is 17.0 Å². The number of rotatable bonds is 4. The van der Waals surface area contributed by atoms with Crippen LogP contribution in [0.4, 0.5) is 5.69 Å². The highest BCUT2D eigenvalue weighted by atomic mass is 32.2. The van der Waals surface area contributed by atoms with E-state index in [1.807, 2.05) is 6.07 Å². The van der Waals surface area contributed by atoms with E-state index in [4.69, 9.17) is 5.26 Å². The van der Waals surface area contributed by atoms with Crippen LogP contribution in [0.15, 0.2) is 18.5 Å². The molecular weight excluding hydrogens is 344 g/mol. The van der Waals surface area contributed by atoms with Crippen molar-refractivity contribution >= 4 is 37.8 Å². The molecule has 2 N–H and O–H groups in total. The van der Waals surface area contributed by atoms with Crippen molar-refractivity contribution in [2.24, 2.45) is 0 Å². The minimum atomic E-state index is -3.58. The molecule has 1 aliphatic rings. The molecule has 0 spiro atoms. The second-order valence-corrected chi connectivity index (χ2v) is 7.58. The summed E-state index contributed by atoms with van der Waals surface area (Å²) in [5.41, 5.74) is 1.95. The van der Waals surface area contributed by atoms with E-state index in [1.165, 1.54) is 0 Å². The molecule has 4 heterocycles. The lowest BCUT2D eigenvalue weighted by molar-refractivity contribution is 0.564. The van der Waals surface area contributed by atoms with Crippen molar-refractivity contribution in [2.75, 3.05) is 23.7 Å². The van der Waals surface area contributed by atoms with E-state index < -0.39 is 15.8 Å². The molecule has 4 rings (SSSR count). The number of hydrogen-bond donors (Lipinski definition) is 2. The molecule has 0 aliphatic carbocycles. The number of H-pyrrole nitrogens is 1. The monoisotopic (exact) mass is 358 g/mol. The zero-order valence-electron chi connectivity index (χ0n) is 13.0. The maximum absolute atomic E-state index is 11.8. The average molecular weight is 358 g/mol. The van der Waals surface area contributed by atoms with Crippen molar-refractivity contribution in [3.8, 4) is 6.07 Å². The van der Waals surface area contributed by atoms with Gasteiger partial charge in [0.25, 0.3) is 0 Å². The molecule has 11 heteroatoms. The van der Waals surface area contributed by atoms with Gasteiger partial charge in [0.1, 0.15) is 0 Å². The number of nitrogens with zero attached hydrogens (tertiary/aromatic N) is 6. The molecule has 1 saturated heterocycles. The minimum Gasteiger partial charge on any atom is -0.368 e. The summed E-state index contributed by atoms with van der Waals surface area (Å²) in [6.07, 6.45) is 4.01. The number of aromatic amines is 1. The van der Waals surface area contributed by atoms with Crippen LogP contribution in [0.25, 0.3) is 22.1 Å². The Morgan fingerprint density at radius 3 is 3.16 bits per heavy atom. The molecule has 0 saturated carbocycles. The molecule has 1 fully saturated rings. The predicted molar refractivity (Wildman–Crippen MR) is 90.1 cm³/mol. The van der Waals surface area contributed by atoms with Gasteiger partial charge in [-0.1, -0.05) is 0 Å². The van der Waals surface area contributed by atoms with Gasteiger partial charge in [-0.25, -0.2) is 18.1 Å². The molecule has 0 bridgehead atoms. The smallest absolute Gasteiger partial charge is 0.225 e. The van der Waals surface area contributed by atoms with Gasteiger partial charge >= 0.3 is 0 Å². The van der Waals surface area contributed by atoms with Gasteiger partial charge in [-0.2, -0.15) is 10.4 Å². The van der Waals surface area contributed by atoms with Crippen LogP contribution in [-0.2, 0) is 10.0 Å². The summed E-state index contributed by atoms with van der Waals surface area (Å²) in [4.78, 5) is 6.22. The first kappa shape index (κ1) is 15.7. The van der Waals surface area contributed by atoms with Gasteiger partial charge < -0.3 is 4.90 Å². The predicted octanol–water partition coefficient (Wildman–Crippen LogP) is -0.0772. The third-order valence-corrected chi connectivity index (χ3v) is 5.37. The van der Waals surface area contributed by atoms with Gasteiger partial charge in [-0.15, -0.1) is 10.2 Å². The molecule has 3 aromatic rings. The Hall–Kier alpha value is -2.84. The van der Waals surface area contributed by atoms with E-state index >= 15 is 0 Å². The quantitative estimate of drug-likeness (QED) is 0.660. The Morgan fingerprint density at radius 1 is 1.44 bits per heavy atom.